The number of thioether (sulfide) groups is 1. The number of aliphatic hydroxyl groups excluding tert-OH is 1. The molecule has 6 nitrogen and oxygen atoms in total. The Morgan fingerprint density at radius 1 is 1.20 bits per heavy atom. The molecule has 0 aliphatic heterocycles. The number of nitrogens with one attached hydrogen (secondary N) is 1. The SMILES string of the molecule is CC(C)Oc1cc(NC(O)CSCc2c(O)c(=O)c2=O)c(Cl)cc1Cl. The lowest BCUT2D eigenvalue weighted by Gasteiger charge is -2.18. The van der Waals surface area contributed by atoms with Crippen LogP contribution in [0.15, 0.2) is 21.7 Å². The topological polar surface area (TPSA) is 95.9 Å². The number of anilines is 1. The van der Waals surface area contributed by atoms with Crippen molar-refractivity contribution in [1.29, 1.82) is 0 Å². The van der Waals surface area contributed by atoms with Crippen LogP contribution in [-0.2, 0) is 5.75 Å². The molecule has 2 aromatic rings. The Kier molecular flexibility index (Phi) is 6.62. The third-order valence-corrected chi connectivity index (χ3v) is 4.86. The van der Waals surface area contributed by atoms with Crippen molar-refractivity contribution < 1.29 is 14.9 Å². The number of ether oxygens (including phenoxy) is 1. The fourth-order valence-corrected chi connectivity index (χ4v) is 3.42. The normalized spacial score (nSPS) is 12.6. The Hall–Kier alpha value is -1.41. The quantitative estimate of drug-likeness (QED) is 0.458. The third kappa shape index (κ3) is 4.82. The van der Waals surface area contributed by atoms with Crippen molar-refractivity contribution in [3.8, 4) is 11.5 Å². The summed E-state index contributed by atoms with van der Waals surface area (Å²) in [6.07, 6.45) is -1.04. The molecular weight excluding hydrogens is 389 g/mol. The first kappa shape index (κ1) is 19.9. The number of benzene rings is 1. The second-order valence-electron chi connectivity index (χ2n) is 5.59. The predicted molar refractivity (Wildman–Crippen MR) is 101 cm³/mol. The summed E-state index contributed by atoms with van der Waals surface area (Å²) in [6, 6.07) is 3.12. The van der Waals surface area contributed by atoms with E-state index in [1.807, 2.05) is 13.8 Å². The molecular formula is C16H17Cl2NO5S. The summed E-state index contributed by atoms with van der Waals surface area (Å²) in [4.78, 5) is 22.2. The minimum Gasteiger partial charge on any atom is -0.504 e. The summed E-state index contributed by atoms with van der Waals surface area (Å²) in [5, 5.41) is 22.9. The van der Waals surface area contributed by atoms with Crippen molar-refractivity contribution in [1.82, 2.24) is 0 Å². The largest absolute Gasteiger partial charge is 0.504 e. The van der Waals surface area contributed by atoms with Crippen molar-refractivity contribution in [2.75, 3.05) is 11.1 Å². The van der Waals surface area contributed by atoms with Gasteiger partial charge in [-0.25, -0.2) is 0 Å². The van der Waals surface area contributed by atoms with E-state index in [0.717, 1.165) is 0 Å². The molecule has 1 atom stereocenters. The highest BCUT2D eigenvalue weighted by Gasteiger charge is 2.20. The molecule has 0 radical (unpaired) electrons. The van der Waals surface area contributed by atoms with E-state index < -0.39 is 22.8 Å². The molecule has 3 N–H and O–H groups in total. The lowest BCUT2D eigenvalue weighted by atomic mass is 10.1. The lowest BCUT2D eigenvalue weighted by molar-refractivity contribution is 0.228. The first-order valence-electron chi connectivity index (χ1n) is 7.40. The van der Waals surface area contributed by atoms with Gasteiger partial charge in [0.05, 0.1) is 27.4 Å². The number of aliphatic hydroxyl groups is 1. The highest BCUT2D eigenvalue weighted by Crippen LogP contribution is 2.35. The van der Waals surface area contributed by atoms with Crippen molar-refractivity contribution >= 4 is 40.7 Å². The number of aromatic hydroxyl groups is 1. The van der Waals surface area contributed by atoms with Crippen LogP contribution in [0, 0.1) is 0 Å². The molecule has 0 aliphatic rings. The molecule has 1 unspecified atom stereocenters. The van der Waals surface area contributed by atoms with E-state index in [0.29, 0.717) is 21.5 Å². The molecule has 0 heterocycles. The summed E-state index contributed by atoms with van der Waals surface area (Å²) in [5.41, 5.74) is -1.00. The van der Waals surface area contributed by atoms with Crippen LogP contribution in [0.5, 0.6) is 11.5 Å². The van der Waals surface area contributed by atoms with Gasteiger partial charge in [-0.2, -0.15) is 11.8 Å². The zero-order valence-corrected chi connectivity index (χ0v) is 15.8. The van der Waals surface area contributed by atoms with E-state index in [-0.39, 0.29) is 23.2 Å². The highest BCUT2D eigenvalue weighted by atomic mass is 35.5. The Bertz CT molecular complexity index is 833. The molecule has 2 rings (SSSR count). The van der Waals surface area contributed by atoms with Crippen LogP contribution in [0.2, 0.25) is 10.0 Å². The zero-order valence-electron chi connectivity index (χ0n) is 13.5. The Balaban J connectivity index is 1.95. The standard InChI is InChI=1S/C16H17Cl2NO5S/c1-7(2)24-12-4-11(9(17)3-10(12)18)19-13(20)6-25-5-8-14(21)16(23)15(8)22/h3-4,7,13,19-21H,5-6H2,1-2H3. The van der Waals surface area contributed by atoms with E-state index in [1.54, 1.807) is 6.07 Å². The van der Waals surface area contributed by atoms with E-state index in [1.165, 1.54) is 17.8 Å². The van der Waals surface area contributed by atoms with Crippen molar-refractivity contribution in [2.24, 2.45) is 0 Å². The van der Waals surface area contributed by atoms with E-state index in [4.69, 9.17) is 27.9 Å². The summed E-state index contributed by atoms with van der Waals surface area (Å²) in [5.74, 6) is 0.302. The molecule has 0 fully saturated rings. The van der Waals surface area contributed by atoms with Gasteiger partial charge in [-0.3, -0.25) is 9.59 Å². The minimum atomic E-state index is -0.968. The van der Waals surface area contributed by atoms with Gasteiger partial charge in [0.25, 0.3) is 5.43 Å². The maximum Gasteiger partial charge on any atom is 0.268 e. The second kappa shape index (κ2) is 8.31. The molecule has 0 aliphatic carbocycles. The molecule has 0 saturated carbocycles. The van der Waals surface area contributed by atoms with Gasteiger partial charge in [0.1, 0.15) is 12.0 Å². The van der Waals surface area contributed by atoms with Gasteiger partial charge in [-0.1, -0.05) is 23.2 Å². The van der Waals surface area contributed by atoms with Crippen LogP contribution < -0.4 is 20.9 Å². The van der Waals surface area contributed by atoms with Gasteiger partial charge in [0.15, 0.2) is 5.75 Å². The maximum atomic E-state index is 11.2. The van der Waals surface area contributed by atoms with E-state index in [9.17, 15) is 19.8 Å². The van der Waals surface area contributed by atoms with Gasteiger partial charge >= 0.3 is 0 Å². The van der Waals surface area contributed by atoms with Crippen LogP contribution in [0.1, 0.15) is 19.4 Å². The number of rotatable bonds is 8. The van der Waals surface area contributed by atoms with Gasteiger partial charge in [-0.15, -0.1) is 0 Å². The predicted octanol–water partition coefficient (Wildman–Crippen LogP) is 2.75. The highest BCUT2D eigenvalue weighted by molar-refractivity contribution is 7.98. The number of halogens is 2. The van der Waals surface area contributed by atoms with E-state index >= 15 is 0 Å². The van der Waals surface area contributed by atoms with Crippen molar-refractivity contribution in [3.05, 3.63) is 48.2 Å². The molecule has 9 heteroatoms. The number of hydrogen-bond acceptors (Lipinski definition) is 7. The average Bonchev–Trinajstić information content (AvgIpc) is 2.54. The first-order valence-corrected chi connectivity index (χ1v) is 9.31. The summed E-state index contributed by atoms with van der Waals surface area (Å²) in [7, 11) is 0. The van der Waals surface area contributed by atoms with Crippen LogP contribution in [0.3, 0.4) is 0 Å². The summed E-state index contributed by atoms with van der Waals surface area (Å²) in [6.45, 7) is 3.72. The molecule has 2 aromatic carbocycles. The number of hydrogen-bond donors (Lipinski definition) is 3. The van der Waals surface area contributed by atoms with Crippen LogP contribution >= 0.6 is 35.0 Å². The molecule has 0 spiro atoms. The van der Waals surface area contributed by atoms with Crippen LogP contribution in [-0.4, -0.2) is 28.3 Å². The molecule has 25 heavy (non-hydrogen) atoms. The maximum absolute atomic E-state index is 11.2. The molecule has 0 saturated heterocycles. The Morgan fingerprint density at radius 3 is 2.48 bits per heavy atom. The smallest absolute Gasteiger partial charge is 0.268 e. The lowest BCUT2D eigenvalue weighted by Crippen LogP contribution is -2.34. The van der Waals surface area contributed by atoms with Crippen molar-refractivity contribution in [2.45, 2.75) is 31.9 Å². The first-order chi connectivity index (χ1) is 11.7. The van der Waals surface area contributed by atoms with Gasteiger partial charge in [0, 0.05) is 17.6 Å². The zero-order chi connectivity index (χ0) is 18.7. The average molecular weight is 406 g/mol. The molecule has 136 valence electrons. The summed E-state index contributed by atoms with van der Waals surface area (Å²) >= 11 is 13.4. The molecule has 0 amide bonds. The van der Waals surface area contributed by atoms with Crippen LogP contribution in [0.25, 0.3) is 0 Å². The minimum absolute atomic E-state index is 0.0734. The van der Waals surface area contributed by atoms with Crippen molar-refractivity contribution in [3.63, 3.8) is 0 Å². The van der Waals surface area contributed by atoms with E-state index in [2.05, 4.69) is 5.32 Å². The third-order valence-electron chi connectivity index (χ3n) is 3.21. The fourth-order valence-electron chi connectivity index (χ4n) is 2.04. The van der Waals surface area contributed by atoms with Gasteiger partial charge < -0.3 is 20.3 Å². The monoisotopic (exact) mass is 405 g/mol. The van der Waals surface area contributed by atoms with Crippen LogP contribution in [0.4, 0.5) is 5.69 Å². The summed E-state index contributed by atoms with van der Waals surface area (Å²) < 4.78 is 5.57. The Labute approximate surface area is 158 Å². The molecule has 0 aromatic heterocycles. The fraction of sp³-hybridized carbons (Fsp3) is 0.375. The second-order valence-corrected chi connectivity index (χ2v) is 7.43. The molecule has 0 bridgehead atoms. The van der Waals surface area contributed by atoms with Gasteiger partial charge in [-0.05, 0) is 19.9 Å². The Morgan fingerprint density at radius 2 is 1.88 bits per heavy atom. The van der Waals surface area contributed by atoms with Gasteiger partial charge in [0.2, 0.25) is 5.43 Å².